The van der Waals surface area contributed by atoms with Crippen molar-refractivity contribution < 1.29 is 29.2 Å². The van der Waals surface area contributed by atoms with Gasteiger partial charge in [0.2, 0.25) is 5.91 Å². The van der Waals surface area contributed by atoms with E-state index in [1.165, 1.54) is 24.3 Å². The summed E-state index contributed by atoms with van der Waals surface area (Å²) >= 11 is 0. The smallest absolute Gasteiger partial charge is 0.326 e. The Labute approximate surface area is 172 Å². The number of carbonyl (C=O) groups is 3. The van der Waals surface area contributed by atoms with Gasteiger partial charge in [0.25, 0.3) is 5.69 Å². The molecule has 1 amide bonds. The second kappa shape index (κ2) is 10.7. The zero-order chi connectivity index (χ0) is 22.1. The Kier molecular flexibility index (Phi) is 8.04. The third-order valence-electron chi connectivity index (χ3n) is 4.42. The summed E-state index contributed by atoms with van der Waals surface area (Å²) in [5, 5.41) is 23.1. The quantitative estimate of drug-likeness (QED) is 0.346. The fraction of sp³-hybridized carbons (Fsp3) is 0.286. The Bertz CT molecular complexity index is 897. The van der Waals surface area contributed by atoms with E-state index in [1.807, 2.05) is 0 Å². The Balaban J connectivity index is 2.28. The van der Waals surface area contributed by atoms with Gasteiger partial charge in [-0.2, -0.15) is 0 Å². The van der Waals surface area contributed by atoms with Gasteiger partial charge in [-0.1, -0.05) is 42.5 Å². The Morgan fingerprint density at radius 3 is 2.27 bits per heavy atom. The fourth-order valence-electron chi connectivity index (χ4n) is 3.01. The number of rotatable bonds is 10. The maximum Gasteiger partial charge on any atom is 0.326 e. The van der Waals surface area contributed by atoms with Crippen molar-refractivity contribution in [1.82, 2.24) is 5.32 Å². The molecule has 0 unspecified atom stereocenters. The van der Waals surface area contributed by atoms with Crippen molar-refractivity contribution in [2.24, 2.45) is 0 Å². The number of nitrogens with one attached hydrogen (secondary N) is 1. The van der Waals surface area contributed by atoms with E-state index in [9.17, 15) is 29.6 Å². The first-order chi connectivity index (χ1) is 14.3. The molecule has 158 valence electrons. The topological polar surface area (TPSA) is 136 Å². The average molecular weight is 414 g/mol. The molecule has 2 rings (SSSR count). The first kappa shape index (κ1) is 22.5. The van der Waals surface area contributed by atoms with Crippen LogP contribution in [-0.4, -0.2) is 40.5 Å². The molecule has 9 heteroatoms. The third-order valence-corrected chi connectivity index (χ3v) is 4.42. The predicted molar refractivity (Wildman–Crippen MR) is 107 cm³/mol. The number of non-ortho nitro benzene ring substituents is 1. The number of ether oxygens (including phenoxy) is 1. The van der Waals surface area contributed by atoms with Crippen molar-refractivity contribution in [2.75, 3.05) is 6.61 Å². The number of carbonyl (C=O) groups excluding carboxylic acids is 2. The van der Waals surface area contributed by atoms with Crippen molar-refractivity contribution >= 4 is 23.5 Å². The normalized spacial score (nSPS) is 12.4. The Morgan fingerprint density at radius 1 is 1.10 bits per heavy atom. The Morgan fingerprint density at radius 2 is 1.73 bits per heavy atom. The molecular formula is C21H22N2O7. The number of nitro benzene ring substituents is 1. The first-order valence-electron chi connectivity index (χ1n) is 9.27. The minimum Gasteiger partial charge on any atom is -0.480 e. The summed E-state index contributed by atoms with van der Waals surface area (Å²) in [4.78, 5) is 46.8. The number of esters is 1. The first-order valence-corrected chi connectivity index (χ1v) is 9.27. The lowest BCUT2D eigenvalue weighted by Gasteiger charge is -2.25. The van der Waals surface area contributed by atoms with Gasteiger partial charge in [-0.25, -0.2) is 4.79 Å². The van der Waals surface area contributed by atoms with E-state index in [2.05, 4.69) is 5.32 Å². The molecule has 0 heterocycles. The Hall–Kier alpha value is -3.75. The van der Waals surface area contributed by atoms with Crippen LogP contribution >= 0.6 is 0 Å². The van der Waals surface area contributed by atoms with E-state index in [4.69, 9.17) is 4.74 Å². The summed E-state index contributed by atoms with van der Waals surface area (Å²) in [5.74, 6) is -3.46. The minimum atomic E-state index is -1.42. The highest BCUT2D eigenvalue weighted by Gasteiger charge is 2.33. The van der Waals surface area contributed by atoms with Crippen LogP contribution in [0.5, 0.6) is 0 Å². The number of nitrogens with zero attached hydrogens (tertiary/aromatic N) is 1. The predicted octanol–water partition coefficient (Wildman–Crippen LogP) is 2.44. The second-order valence-electron chi connectivity index (χ2n) is 6.51. The lowest BCUT2D eigenvalue weighted by molar-refractivity contribution is -0.384. The summed E-state index contributed by atoms with van der Waals surface area (Å²) < 4.78 is 4.93. The molecule has 0 saturated heterocycles. The molecule has 0 spiro atoms. The van der Waals surface area contributed by atoms with Gasteiger partial charge in [-0.3, -0.25) is 19.7 Å². The number of carboxylic acid groups (broad SMARTS) is 1. The monoisotopic (exact) mass is 414 g/mol. The molecule has 2 aromatic rings. The van der Waals surface area contributed by atoms with Gasteiger partial charge >= 0.3 is 11.9 Å². The fourth-order valence-corrected chi connectivity index (χ4v) is 3.01. The van der Waals surface area contributed by atoms with E-state index < -0.39 is 34.7 Å². The molecule has 30 heavy (non-hydrogen) atoms. The molecule has 0 aliphatic heterocycles. The van der Waals surface area contributed by atoms with Crippen molar-refractivity contribution in [3.63, 3.8) is 0 Å². The lowest BCUT2D eigenvalue weighted by Crippen LogP contribution is -2.46. The van der Waals surface area contributed by atoms with Gasteiger partial charge < -0.3 is 15.2 Å². The molecule has 0 aliphatic carbocycles. The van der Waals surface area contributed by atoms with Crippen molar-refractivity contribution in [1.29, 1.82) is 0 Å². The van der Waals surface area contributed by atoms with Gasteiger partial charge in [-0.05, 0) is 18.1 Å². The number of carboxylic acids is 1. The van der Waals surface area contributed by atoms with Crippen LogP contribution in [0.2, 0.25) is 0 Å². The number of hydrogen-bond acceptors (Lipinski definition) is 6. The molecule has 2 aromatic carbocycles. The number of benzene rings is 2. The molecule has 0 bridgehead atoms. The molecule has 0 aliphatic rings. The second-order valence-corrected chi connectivity index (χ2v) is 6.51. The van der Waals surface area contributed by atoms with Crippen molar-refractivity contribution in [2.45, 2.75) is 31.7 Å². The molecule has 0 aromatic heterocycles. The van der Waals surface area contributed by atoms with E-state index in [1.54, 1.807) is 37.3 Å². The minimum absolute atomic E-state index is 0.0307. The molecule has 0 radical (unpaired) electrons. The van der Waals surface area contributed by atoms with E-state index in [0.29, 0.717) is 11.1 Å². The van der Waals surface area contributed by atoms with E-state index >= 15 is 0 Å². The standard InChI is InChI=1S/C21H22N2O7/c1-2-30-19(25)13-17(15-8-10-16(11-9-15)23(28)29)20(21(26)27)22-18(24)12-14-6-4-3-5-7-14/h3-11,17,20H,2,12-13H2,1H3,(H,22,24)(H,26,27)/t17-,20-/m0/s1. The van der Waals surface area contributed by atoms with Crippen LogP contribution in [0.15, 0.2) is 54.6 Å². The molecule has 0 fully saturated rings. The summed E-state index contributed by atoms with van der Waals surface area (Å²) in [6.45, 7) is 1.74. The third kappa shape index (κ3) is 6.40. The van der Waals surface area contributed by atoms with Crippen LogP contribution < -0.4 is 5.32 Å². The van der Waals surface area contributed by atoms with Crippen LogP contribution in [0.25, 0.3) is 0 Å². The zero-order valence-electron chi connectivity index (χ0n) is 16.3. The highest BCUT2D eigenvalue weighted by Crippen LogP contribution is 2.27. The van der Waals surface area contributed by atoms with Gasteiger partial charge in [0, 0.05) is 18.1 Å². The van der Waals surface area contributed by atoms with Crippen molar-refractivity contribution in [3.8, 4) is 0 Å². The van der Waals surface area contributed by atoms with Gasteiger partial charge in [0.15, 0.2) is 0 Å². The van der Waals surface area contributed by atoms with Gasteiger partial charge in [0.1, 0.15) is 6.04 Å². The summed E-state index contributed by atoms with van der Waals surface area (Å²) in [6.07, 6.45) is -0.342. The van der Waals surface area contributed by atoms with E-state index in [0.717, 1.165) is 0 Å². The summed E-state index contributed by atoms with van der Waals surface area (Å²) in [7, 11) is 0. The van der Waals surface area contributed by atoms with Gasteiger partial charge in [0.05, 0.1) is 24.4 Å². The largest absolute Gasteiger partial charge is 0.480 e. The van der Waals surface area contributed by atoms with Crippen molar-refractivity contribution in [3.05, 3.63) is 75.8 Å². The highest BCUT2D eigenvalue weighted by molar-refractivity contribution is 5.86. The SMILES string of the molecule is CCOC(=O)C[C@@H](c1ccc([N+](=O)[O-])cc1)[C@H](NC(=O)Cc1ccccc1)C(=O)O. The number of amides is 1. The number of aliphatic carboxylic acids is 1. The maximum atomic E-state index is 12.4. The zero-order valence-corrected chi connectivity index (χ0v) is 16.3. The van der Waals surface area contributed by atoms with Gasteiger partial charge in [-0.15, -0.1) is 0 Å². The number of hydrogen-bond donors (Lipinski definition) is 2. The summed E-state index contributed by atoms with van der Waals surface area (Å²) in [5.41, 5.74) is 0.895. The molecule has 9 nitrogen and oxygen atoms in total. The molecule has 0 saturated carbocycles. The van der Waals surface area contributed by atoms with Crippen LogP contribution in [0, 0.1) is 10.1 Å². The average Bonchev–Trinajstić information content (AvgIpc) is 2.71. The molecule has 2 N–H and O–H groups in total. The summed E-state index contributed by atoms with van der Waals surface area (Å²) in [6, 6.07) is 12.6. The number of nitro groups is 1. The van der Waals surface area contributed by atoms with Crippen LogP contribution in [0.4, 0.5) is 5.69 Å². The van der Waals surface area contributed by atoms with E-state index in [-0.39, 0.29) is 25.1 Å². The molecular weight excluding hydrogens is 392 g/mol. The van der Waals surface area contributed by atoms with Crippen LogP contribution in [0.3, 0.4) is 0 Å². The van der Waals surface area contributed by atoms with Crippen LogP contribution in [-0.2, 0) is 25.5 Å². The van der Waals surface area contributed by atoms with Crippen LogP contribution in [0.1, 0.15) is 30.4 Å². The highest BCUT2D eigenvalue weighted by atomic mass is 16.6. The molecule has 2 atom stereocenters. The maximum absolute atomic E-state index is 12.4. The lowest BCUT2D eigenvalue weighted by atomic mass is 9.88.